The van der Waals surface area contributed by atoms with Crippen molar-refractivity contribution >= 4 is 5.97 Å². The van der Waals surface area contributed by atoms with E-state index in [1.165, 1.54) is 0 Å². The Morgan fingerprint density at radius 3 is 2.87 bits per heavy atom. The fourth-order valence-electron chi connectivity index (χ4n) is 2.91. The normalized spacial score (nSPS) is 42.4. The van der Waals surface area contributed by atoms with Crippen molar-refractivity contribution in [2.24, 2.45) is 17.8 Å². The Kier molecular flexibility index (Phi) is 2.28. The zero-order valence-electron chi connectivity index (χ0n) is 8.72. The summed E-state index contributed by atoms with van der Waals surface area (Å²) in [6, 6.07) is 0. The fraction of sp³-hybridized carbons (Fsp3) is 0.750. The molecule has 2 bridgehead atoms. The van der Waals surface area contributed by atoms with E-state index in [1.54, 1.807) is 0 Å². The van der Waals surface area contributed by atoms with Crippen LogP contribution >= 0.6 is 0 Å². The molecule has 0 aromatic heterocycles. The molecule has 3 rings (SSSR count). The summed E-state index contributed by atoms with van der Waals surface area (Å²) < 4.78 is 10.7. The Balaban J connectivity index is 1.58. The van der Waals surface area contributed by atoms with E-state index in [9.17, 15) is 4.79 Å². The van der Waals surface area contributed by atoms with Crippen LogP contribution in [0, 0.1) is 17.8 Å². The second kappa shape index (κ2) is 3.63. The molecule has 82 valence electrons. The van der Waals surface area contributed by atoms with Crippen molar-refractivity contribution in [3.05, 3.63) is 12.2 Å². The molecule has 3 heteroatoms. The Labute approximate surface area is 89.4 Å². The average molecular weight is 208 g/mol. The van der Waals surface area contributed by atoms with E-state index in [0.717, 1.165) is 32.3 Å². The topological polar surface area (TPSA) is 35.5 Å². The standard InChI is InChI=1S/C12H16O3/c13-12(15-11-2-1-5-14-11)10-7-8-3-4-9(10)6-8/h3-4,8-11H,1-2,5-7H2/t8-,9-,10-,11-/m0/s1. The zero-order valence-corrected chi connectivity index (χ0v) is 8.72. The van der Waals surface area contributed by atoms with Gasteiger partial charge in [-0.3, -0.25) is 4.79 Å². The molecule has 0 radical (unpaired) electrons. The molecule has 0 unspecified atom stereocenters. The van der Waals surface area contributed by atoms with Crippen molar-refractivity contribution in [2.75, 3.05) is 6.61 Å². The lowest BCUT2D eigenvalue weighted by molar-refractivity contribution is -0.175. The van der Waals surface area contributed by atoms with Crippen LogP contribution in [-0.2, 0) is 14.3 Å². The molecule has 1 heterocycles. The van der Waals surface area contributed by atoms with Gasteiger partial charge in [0.2, 0.25) is 6.29 Å². The summed E-state index contributed by atoms with van der Waals surface area (Å²) in [5, 5.41) is 0. The summed E-state index contributed by atoms with van der Waals surface area (Å²) in [4.78, 5) is 11.9. The highest BCUT2D eigenvalue weighted by Gasteiger charge is 2.41. The molecule has 3 nitrogen and oxygen atoms in total. The molecule has 0 spiro atoms. The maximum Gasteiger partial charge on any atom is 0.311 e. The van der Waals surface area contributed by atoms with Gasteiger partial charge in [0.1, 0.15) is 0 Å². The Bertz CT molecular complexity index is 291. The van der Waals surface area contributed by atoms with E-state index in [0.29, 0.717) is 11.8 Å². The smallest absolute Gasteiger partial charge is 0.311 e. The van der Waals surface area contributed by atoms with E-state index in [-0.39, 0.29) is 18.2 Å². The van der Waals surface area contributed by atoms with Gasteiger partial charge in [0.25, 0.3) is 0 Å². The van der Waals surface area contributed by atoms with Crippen LogP contribution < -0.4 is 0 Å². The van der Waals surface area contributed by atoms with Crippen LogP contribution in [0.4, 0.5) is 0 Å². The van der Waals surface area contributed by atoms with Gasteiger partial charge in [-0.05, 0) is 31.1 Å². The van der Waals surface area contributed by atoms with Crippen molar-refractivity contribution in [3.63, 3.8) is 0 Å². The predicted molar refractivity (Wildman–Crippen MR) is 53.9 cm³/mol. The van der Waals surface area contributed by atoms with Crippen LogP contribution in [0.2, 0.25) is 0 Å². The number of ether oxygens (including phenoxy) is 2. The van der Waals surface area contributed by atoms with E-state index in [2.05, 4.69) is 12.2 Å². The van der Waals surface area contributed by atoms with Gasteiger partial charge >= 0.3 is 5.97 Å². The van der Waals surface area contributed by atoms with Crippen molar-refractivity contribution in [2.45, 2.75) is 32.0 Å². The monoisotopic (exact) mass is 208 g/mol. The second-order valence-electron chi connectivity index (χ2n) is 4.77. The average Bonchev–Trinajstić information content (AvgIpc) is 2.93. The van der Waals surface area contributed by atoms with E-state index in [4.69, 9.17) is 9.47 Å². The second-order valence-corrected chi connectivity index (χ2v) is 4.77. The number of allylic oxidation sites excluding steroid dienone is 2. The molecule has 0 aromatic carbocycles. The minimum absolute atomic E-state index is 0.0428. The molecule has 2 aliphatic carbocycles. The number of hydrogen-bond donors (Lipinski definition) is 0. The zero-order chi connectivity index (χ0) is 10.3. The number of carbonyl (C=O) groups is 1. The van der Waals surface area contributed by atoms with Gasteiger partial charge in [0, 0.05) is 6.42 Å². The molecular weight excluding hydrogens is 192 g/mol. The number of esters is 1. The Hall–Kier alpha value is -0.830. The van der Waals surface area contributed by atoms with E-state index >= 15 is 0 Å². The predicted octanol–water partition coefficient (Wildman–Crippen LogP) is 1.88. The third-order valence-electron chi connectivity index (χ3n) is 3.72. The van der Waals surface area contributed by atoms with Crippen molar-refractivity contribution in [1.82, 2.24) is 0 Å². The van der Waals surface area contributed by atoms with Crippen LogP contribution in [0.1, 0.15) is 25.7 Å². The van der Waals surface area contributed by atoms with Crippen molar-refractivity contribution < 1.29 is 14.3 Å². The third kappa shape index (κ3) is 1.69. The van der Waals surface area contributed by atoms with Gasteiger partial charge in [-0.25, -0.2) is 0 Å². The minimum Gasteiger partial charge on any atom is -0.436 e. The summed E-state index contributed by atoms with van der Waals surface area (Å²) in [7, 11) is 0. The molecule has 0 amide bonds. The molecule has 0 aromatic rings. The van der Waals surface area contributed by atoms with Gasteiger partial charge < -0.3 is 9.47 Å². The quantitative estimate of drug-likeness (QED) is 0.513. The van der Waals surface area contributed by atoms with Gasteiger partial charge in [-0.1, -0.05) is 12.2 Å². The molecule has 1 saturated heterocycles. The van der Waals surface area contributed by atoms with Gasteiger partial charge in [-0.15, -0.1) is 0 Å². The van der Waals surface area contributed by atoms with Crippen LogP contribution in [0.5, 0.6) is 0 Å². The number of carbonyl (C=O) groups excluding carboxylic acids is 1. The molecule has 1 saturated carbocycles. The first-order valence-corrected chi connectivity index (χ1v) is 5.83. The number of rotatable bonds is 2. The molecule has 4 atom stereocenters. The van der Waals surface area contributed by atoms with Gasteiger partial charge in [0.05, 0.1) is 12.5 Å². The summed E-state index contributed by atoms with van der Waals surface area (Å²) in [6.45, 7) is 0.731. The fourth-order valence-corrected chi connectivity index (χ4v) is 2.91. The SMILES string of the molecule is O=C(O[C@H]1CCCO1)[C@H]1C[C@H]2C=C[C@H]1C2. The highest BCUT2D eigenvalue weighted by Crippen LogP contribution is 2.44. The van der Waals surface area contributed by atoms with E-state index < -0.39 is 0 Å². The van der Waals surface area contributed by atoms with Crippen LogP contribution in [0.25, 0.3) is 0 Å². The van der Waals surface area contributed by atoms with Crippen LogP contribution in [0.3, 0.4) is 0 Å². The summed E-state index contributed by atoms with van der Waals surface area (Å²) >= 11 is 0. The first-order chi connectivity index (χ1) is 7.33. The number of fused-ring (bicyclic) bond motifs is 2. The highest BCUT2D eigenvalue weighted by atomic mass is 16.7. The van der Waals surface area contributed by atoms with Gasteiger partial charge in [0.15, 0.2) is 0 Å². The van der Waals surface area contributed by atoms with Crippen molar-refractivity contribution in [1.29, 1.82) is 0 Å². The third-order valence-corrected chi connectivity index (χ3v) is 3.72. The lowest BCUT2D eigenvalue weighted by Crippen LogP contribution is -2.26. The molecule has 15 heavy (non-hydrogen) atoms. The first-order valence-electron chi connectivity index (χ1n) is 5.83. The number of hydrogen-bond acceptors (Lipinski definition) is 3. The lowest BCUT2D eigenvalue weighted by Gasteiger charge is -2.19. The molecule has 3 aliphatic rings. The summed E-state index contributed by atoms with van der Waals surface area (Å²) in [5.41, 5.74) is 0. The molecule has 1 aliphatic heterocycles. The van der Waals surface area contributed by atoms with Crippen LogP contribution in [0.15, 0.2) is 12.2 Å². The molecule has 2 fully saturated rings. The van der Waals surface area contributed by atoms with Crippen LogP contribution in [-0.4, -0.2) is 18.9 Å². The summed E-state index contributed by atoms with van der Waals surface area (Å²) in [5.74, 6) is 1.11. The molecular formula is C12H16O3. The first kappa shape index (κ1) is 9.40. The highest BCUT2D eigenvalue weighted by molar-refractivity contribution is 5.74. The van der Waals surface area contributed by atoms with Crippen molar-refractivity contribution in [3.8, 4) is 0 Å². The summed E-state index contributed by atoms with van der Waals surface area (Å²) in [6.07, 6.45) is 8.14. The largest absolute Gasteiger partial charge is 0.436 e. The minimum atomic E-state index is -0.263. The Morgan fingerprint density at radius 2 is 2.27 bits per heavy atom. The van der Waals surface area contributed by atoms with E-state index in [1.807, 2.05) is 0 Å². The maximum atomic E-state index is 11.9. The Morgan fingerprint density at radius 1 is 1.33 bits per heavy atom. The maximum absolute atomic E-state index is 11.9. The van der Waals surface area contributed by atoms with Gasteiger partial charge in [-0.2, -0.15) is 0 Å². The lowest BCUT2D eigenvalue weighted by atomic mass is 9.94. The molecule has 0 N–H and O–H groups in total.